The van der Waals surface area contributed by atoms with Crippen molar-refractivity contribution in [1.82, 2.24) is 15.3 Å². The number of esters is 1. The third kappa shape index (κ3) is 3.21. The molecule has 6 nitrogen and oxygen atoms in total. The van der Waals surface area contributed by atoms with E-state index < -0.39 is 5.60 Å². The van der Waals surface area contributed by atoms with Crippen LogP contribution < -0.4 is 5.32 Å². The molecular formula is C20H27N3O3. The summed E-state index contributed by atoms with van der Waals surface area (Å²) in [5.41, 5.74) is 3.04. The van der Waals surface area contributed by atoms with Gasteiger partial charge in [-0.2, -0.15) is 0 Å². The van der Waals surface area contributed by atoms with E-state index in [1.807, 2.05) is 0 Å². The summed E-state index contributed by atoms with van der Waals surface area (Å²) in [6.45, 7) is 2.55. The van der Waals surface area contributed by atoms with Gasteiger partial charge in [-0.3, -0.25) is 9.59 Å². The highest BCUT2D eigenvalue weighted by molar-refractivity contribution is 5.87. The van der Waals surface area contributed by atoms with Crippen molar-refractivity contribution >= 4 is 11.9 Å². The van der Waals surface area contributed by atoms with Crippen molar-refractivity contribution < 1.29 is 14.3 Å². The molecule has 1 amide bonds. The van der Waals surface area contributed by atoms with E-state index in [1.54, 1.807) is 0 Å². The molecule has 0 radical (unpaired) electrons. The first kappa shape index (κ1) is 17.4. The van der Waals surface area contributed by atoms with Crippen LogP contribution in [0.4, 0.5) is 0 Å². The predicted molar refractivity (Wildman–Crippen MR) is 95.5 cm³/mol. The number of hydrogen-bond acceptors (Lipinski definition) is 5. The molecule has 140 valence electrons. The van der Waals surface area contributed by atoms with Crippen molar-refractivity contribution in [2.75, 3.05) is 6.54 Å². The Morgan fingerprint density at radius 3 is 2.77 bits per heavy atom. The van der Waals surface area contributed by atoms with Crippen LogP contribution in [0, 0.1) is 12.8 Å². The highest BCUT2D eigenvalue weighted by Crippen LogP contribution is 2.45. The first-order valence-electron chi connectivity index (χ1n) is 9.92. The summed E-state index contributed by atoms with van der Waals surface area (Å²) in [6.07, 6.45) is 9.02. The quantitative estimate of drug-likeness (QED) is 0.836. The summed E-state index contributed by atoms with van der Waals surface area (Å²) >= 11 is 0. The van der Waals surface area contributed by atoms with Crippen molar-refractivity contribution in [2.24, 2.45) is 5.92 Å². The number of fused-ring (bicyclic) bond motifs is 1. The molecule has 1 atom stereocenters. The molecule has 1 aromatic heterocycles. The summed E-state index contributed by atoms with van der Waals surface area (Å²) in [7, 11) is 0. The molecule has 1 saturated heterocycles. The first-order valence-corrected chi connectivity index (χ1v) is 9.92. The molecule has 1 saturated carbocycles. The second kappa shape index (κ2) is 6.97. The van der Waals surface area contributed by atoms with Gasteiger partial charge in [-0.15, -0.1) is 0 Å². The summed E-state index contributed by atoms with van der Waals surface area (Å²) in [5.74, 6) is 0.162. The van der Waals surface area contributed by atoms with Crippen LogP contribution in [-0.2, 0) is 33.6 Å². The van der Waals surface area contributed by atoms with Gasteiger partial charge in [0.15, 0.2) is 0 Å². The number of aryl methyl sites for hydroxylation is 2. The number of amides is 1. The zero-order chi connectivity index (χ0) is 18.1. The molecule has 2 heterocycles. The van der Waals surface area contributed by atoms with Crippen LogP contribution in [0.3, 0.4) is 0 Å². The van der Waals surface area contributed by atoms with Crippen molar-refractivity contribution in [2.45, 2.75) is 76.7 Å². The normalized spacial score (nSPS) is 23.7. The fraction of sp³-hybridized carbons (Fsp3) is 0.700. The van der Waals surface area contributed by atoms with Crippen LogP contribution in [0.5, 0.6) is 0 Å². The van der Waals surface area contributed by atoms with E-state index in [9.17, 15) is 9.59 Å². The zero-order valence-corrected chi connectivity index (χ0v) is 15.5. The van der Waals surface area contributed by atoms with Gasteiger partial charge < -0.3 is 10.1 Å². The number of nitrogens with zero attached hydrogens (tertiary/aromatic N) is 2. The standard InChI is InChI=1S/C20H27N3O3/c1-13-14-6-2-3-7-16(14)23-17(22-13)8-11-21-19(25)15-12-18(24)26-20(15)9-4-5-10-20/h15H,2-12H2,1H3,(H,21,25). The minimum absolute atomic E-state index is 0.0626. The Balaban J connectivity index is 1.37. The summed E-state index contributed by atoms with van der Waals surface area (Å²) in [5, 5.41) is 2.99. The van der Waals surface area contributed by atoms with Crippen LogP contribution in [0.1, 0.15) is 67.7 Å². The second-order valence-electron chi connectivity index (χ2n) is 7.90. The van der Waals surface area contributed by atoms with E-state index in [2.05, 4.69) is 17.2 Å². The molecule has 1 aromatic rings. The Bertz CT molecular complexity index is 725. The van der Waals surface area contributed by atoms with Gasteiger partial charge in [0.05, 0.1) is 12.3 Å². The molecule has 0 aromatic carbocycles. The summed E-state index contributed by atoms with van der Waals surface area (Å²) < 4.78 is 5.56. The average molecular weight is 357 g/mol. The average Bonchev–Trinajstić information content (AvgIpc) is 3.22. The van der Waals surface area contributed by atoms with Crippen molar-refractivity contribution in [3.63, 3.8) is 0 Å². The summed E-state index contributed by atoms with van der Waals surface area (Å²) in [6, 6.07) is 0. The largest absolute Gasteiger partial charge is 0.458 e. The first-order chi connectivity index (χ1) is 12.6. The van der Waals surface area contributed by atoms with E-state index in [0.717, 1.165) is 50.0 Å². The molecule has 6 heteroatoms. The topological polar surface area (TPSA) is 81.2 Å². The number of rotatable bonds is 4. The predicted octanol–water partition coefficient (Wildman–Crippen LogP) is 2.20. The Labute approximate surface area is 154 Å². The van der Waals surface area contributed by atoms with E-state index in [1.165, 1.54) is 24.1 Å². The van der Waals surface area contributed by atoms with Gasteiger partial charge in [0.2, 0.25) is 5.91 Å². The zero-order valence-electron chi connectivity index (χ0n) is 15.5. The highest BCUT2D eigenvalue weighted by atomic mass is 16.6. The smallest absolute Gasteiger partial charge is 0.307 e. The van der Waals surface area contributed by atoms with Crippen molar-refractivity contribution in [1.29, 1.82) is 0 Å². The molecule has 1 unspecified atom stereocenters. The van der Waals surface area contributed by atoms with Crippen LogP contribution in [0.25, 0.3) is 0 Å². The van der Waals surface area contributed by atoms with Crippen LogP contribution in [0.15, 0.2) is 0 Å². The molecule has 2 fully saturated rings. The van der Waals surface area contributed by atoms with Gasteiger partial charge in [-0.25, -0.2) is 9.97 Å². The summed E-state index contributed by atoms with van der Waals surface area (Å²) in [4.78, 5) is 33.8. The molecule has 3 aliphatic rings. The number of nitrogens with one attached hydrogen (secondary N) is 1. The Hall–Kier alpha value is -1.98. The maximum atomic E-state index is 12.7. The van der Waals surface area contributed by atoms with Gasteiger partial charge in [0, 0.05) is 24.4 Å². The fourth-order valence-corrected chi connectivity index (χ4v) is 4.82. The van der Waals surface area contributed by atoms with E-state index in [4.69, 9.17) is 9.72 Å². The Kier molecular flexibility index (Phi) is 4.67. The number of aromatic nitrogens is 2. The van der Waals surface area contributed by atoms with Gasteiger partial charge in [0.25, 0.3) is 0 Å². The number of hydrogen-bond donors (Lipinski definition) is 1. The van der Waals surface area contributed by atoms with E-state index in [0.29, 0.717) is 13.0 Å². The van der Waals surface area contributed by atoms with Crippen LogP contribution in [-0.4, -0.2) is 34.0 Å². The molecule has 26 heavy (non-hydrogen) atoms. The maximum Gasteiger partial charge on any atom is 0.307 e. The molecule has 4 rings (SSSR count). The SMILES string of the molecule is Cc1nc(CCNC(=O)C2CC(=O)OC23CCCC3)nc2c1CCCC2. The highest BCUT2D eigenvalue weighted by Gasteiger charge is 2.53. The third-order valence-electron chi connectivity index (χ3n) is 6.17. The number of carbonyl (C=O) groups is 2. The van der Waals surface area contributed by atoms with E-state index >= 15 is 0 Å². The third-order valence-corrected chi connectivity index (χ3v) is 6.17. The minimum atomic E-state index is -0.542. The molecule has 1 N–H and O–H groups in total. The maximum absolute atomic E-state index is 12.7. The lowest BCUT2D eigenvalue weighted by Gasteiger charge is -2.27. The van der Waals surface area contributed by atoms with Crippen LogP contribution >= 0.6 is 0 Å². The molecule has 2 aliphatic carbocycles. The molecule has 0 bridgehead atoms. The van der Waals surface area contributed by atoms with Gasteiger partial charge >= 0.3 is 5.97 Å². The van der Waals surface area contributed by atoms with Gasteiger partial charge in [-0.1, -0.05) is 0 Å². The number of ether oxygens (including phenoxy) is 1. The van der Waals surface area contributed by atoms with E-state index in [-0.39, 0.29) is 24.2 Å². The van der Waals surface area contributed by atoms with Gasteiger partial charge in [-0.05, 0) is 63.9 Å². The Morgan fingerprint density at radius 2 is 1.96 bits per heavy atom. The molecular weight excluding hydrogens is 330 g/mol. The van der Waals surface area contributed by atoms with Gasteiger partial charge in [0.1, 0.15) is 11.4 Å². The molecule has 1 aliphatic heterocycles. The van der Waals surface area contributed by atoms with Crippen LogP contribution in [0.2, 0.25) is 0 Å². The van der Waals surface area contributed by atoms with Crippen molar-refractivity contribution in [3.8, 4) is 0 Å². The van der Waals surface area contributed by atoms with Crippen molar-refractivity contribution in [3.05, 3.63) is 22.8 Å². The minimum Gasteiger partial charge on any atom is -0.458 e. The Morgan fingerprint density at radius 1 is 1.19 bits per heavy atom. The molecule has 1 spiro atoms. The lowest BCUT2D eigenvalue weighted by molar-refractivity contribution is -0.149. The lowest BCUT2D eigenvalue weighted by atomic mass is 9.85. The lowest BCUT2D eigenvalue weighted by Crippen LogP contribution is -2.43. The second-order valence-corrected chi connectivity index (χ2v) is 7.90. The fourth-order valence-electron chi connectivity index (χ4n) is 4.82. The number of carbonyl (C=O) groups excluding carboxylic acids is 2. The monoisotopic (exact) mass is 357 g/mol.